The maximum atomic E-state index is 5.33. The first-order chi connectivity index (χ1) is 22.4. The van der Waals surface area contributed by atoms with Crippen LogP contribution in [0.15, 0.2) is 163 Å². The first-order valence-corrected chi connectivity index (χ1v) is 16.2. The molecular weight excluding hydrogens is 555 g/mol. The predicted molar refractivity (Wildman–Crippen MR) is 198 cm³/mol. The topological polar surface area (TPSA) is 12.4 Å². The lowest BCUT2D eigenvalue weighted by molar-refractivity contribution is 0.607. The Kier molecular flexibility index (Phi) is 7.84. The quantitative estimate of drug-likeness (QED) is 0.131. The van der Waals surface area contributed by atoms with E-state index in [0.29, 0.717) is 0 Å². The van der Waals surface area contributed by atoms with Crippen LogP contribution in [0.5, 0.6) is 0 Å². The van der Waals surface area contributed by atoms with Crippen LogP contribution in [0.3, 0.4) is 0 Å². The lowest BCUT2D eigenvalue weighted by Crippen LogP contribution is -2.17. The molecular formula is C45H39N. The molecule has 0 bridgehead atoms. The first kappa shape index (κ1) is 29.4. The van der Waals surface area contributed by atoms with Crippen LogP contribution in [-0.2, 0) is 5.41 Å². The minimum atomic E-state index is 0.0712. The smallest absolute Gasteiger partial charge is 0.0711 e. The van der Waals surface area contributed by atoms with E-state index in [1.807, 2.05) is 24.3 Å². The van der Waals surface area contributed by atoms with E-state index in [9.17, 15) is 0 Å². The van der Waals surface area contributed by atoms with Gasteiger partial charge in [-0.1, -0.05) is 159 Å². The van der Waals surface area contributed by atoms with Gasteiger partial charge in [0.05, 0.1) is 5.70 Å². The molecule has 7 rings (SSSR count). The van der Waals surface area contributed by atoms with E-state index in [-0.39, 0.29) is 5.41 Å². The number of allylic oxidation sites excluding steroid dienone is 6. The highest BCUT2D eigenvalue weighted by Gasteiger charge is 2.37. The molecule has 0 spiro atoms. The van der Waals surface area contributed by atoms with Gasteiger partial charge in [-0.05, 0) is 82.0 Å². The lowest BCUT2D eigenvalue weighted by Gasteiger charge is -2.25. The fourth-order valence-electron chi connectivity index (χ4n) is 7.04. The van der Waals surface area contributed by atoms with Crippen molar-refractivity contribution in [3.8, 4) is 22.3 Å². The summed E-state index contributed by atoms with van der Waals surface area (Å²) in [5.41, 5.74) is 16.7. The SMILES string of the molecule is C=C(/C=C(\N=C(/C)c1ccccc1-c1ccc2c(c1)C1=C(CCC=C1)C2(C)C)c1ccc(-c2ccccc2)cc1)c1ccccc1. The molecule has 0 radical (unpaired) electrons. The van der Waals surface area contributed by atoms with Crippen LogP contribution in [-0.4, -0.2) is 5.71 Å². The van der Waals surface area contributed by atoms with Crippen molar-refractivity contribution in [1.29, 1.82) is 0 Å². The number of rotatable bonds is 7. The summed E-state index contributed by atoms with van der Waals surface area (Å²) in [6, 6.07) is 45.2. The fourth-order valence-corrected chi connectivity index (χ4v) is 7.04. The third-order valence-electron chi connectivity index (χ3n) is 9.57. The van der Waals surface area contributed by atoms with Crippen molar-refractivity contribution in [1.82, 2.24) is 0 Å². The minimum Gasteiger partial charge on any atom is -0.252 e. The molecule has 224 valence electrons. The maximum Gasteiger partial charge on any atom is 0.0711 e. The Morgan fingerprint density at radius 2 is 1.35 bits per heavy atom. The van der Waals surface area contributed by atoms with E-state index < -0.39 is 0 Å². The zero-order valence-corrected chi connectivity index (χ0v) is 26.9. The van der Waals surface area contributed by atoms with Crippen molar-refractivity contribution in [2.45, 2.75) is 39.0 Å². The Labute approximate surface area is 273 Å². The number of aliphatic imine (C=N–C) groups is 1. The monoisotopic (exact) mass is 593 g/mol. The van der Waals surface area contributed by atoms with Gasteiger partial charge in [-0.3, -0.25) is 4.99 Å². The number of benzene rings is 5. The van der Waals surface area contributed by atoms with Gasteiger partial charge >= 0.3 is 0 Å². The summed E-state index contributed by atoms with van der Waals surface area (Å²) < 4.78 is 0. The van der Waals surface area contributed by atoms with Gasteiger partial charge in [0.25, 0.3) is 0 Å². The standard InChI is InChI=1S/C45H39N/c1-31(33-15-7-5-8-16-33)29-44(36-25-23-35(24-26-36)34-17-9-6-10-18-34)46-32(2)38-19-11-12-20-39(38)37-27-28-43-41(30-37)40-21-13-14-22-42(40)45(43,3)4/h5-13,15-21,23-30H,1,14,22H2,2-4H3/b44-29-,46-32+. The summed E-state index contributed by atoms with van der Waals surface area (Å²) in [6.45, 7) is 11.3. The second kappa shape index (κ2) is 12.3. The molecule has 0 saturated heterocycles. The van der Waals surface area contributed by atoms with E-state index in [2.05, 4.69) is 149 Å². The molecule has 0 atom stereocenters. The number of fused-ring (bicyclic) bond motifs is 2. The van der Waals surface area contributed by atoms with Gasteiger partial charge in [0, 0.05) is 22.3 Å². The molecule has 0 N–H and O–H groups in total. The largest absolute Gasteiger partial charge is 0.252 e. The minimum absolute atomic E-state index is 0.0712. The van der Waals surface area contributed by atoms with Gasteiger partial charge in [-0.2, -0.15) is 0 Å². The van der Waals surface area contributed by atoms with Crippen LogP contribution in [0.25, 0.3) is 39.1 Å². The average Bonchev–Trinajstić information content (AvgIpc) is 3.34. The average molecular weight is 594 g/mol. The zero-order chi connectivity index (χ0) is 31.7. The fraction of sp³-hybridized carbons (Fsp3) is 0.133. The Morgan fingerprint density at radius 1 is 0.696 bits per heavy atom. The number of hydrogen-bond acceptors (Lipinski definition) is 1. The molecule has 0 unspecified atom stereocenters. The van der Waals surface area contributed by atoms with Gasteiger partial charge in [-0.15, -0.1) is 0 Å². The molecule has 0 aliphatic heterocycles. The van der Waals surface area contributed by atoms with Crippen LogP contribution in [0, 0.1) is 0 Å². The van der Waals surface area contributed by atoms with Crippen molar-refractivity contribution in [3.63, 3.8) is 0 Å². The number of hydrogen-bond donors (Lipinski definition) is 0. The maximum absolute atomic E-state index is 5.33. The molecule has 0 amide bonds. The van der Waals surface area contributed by atoms with E-state index in [1.54, 1.807) is 5.57 Å². The third-order valence-corrected chi connectivity index (χ3v) is 9.57. The molecule has 46 heavy (non-hydrogen) atoms. The predicted octanol–water partition coefficient (Wildman–Crippen LogP) is 12.0. The second-order valence-electron chi connectivity index (χ2n) is 12.8. The van der Waals surface area contributed by atoms with Crippen molar-refractivity contribution < 1.29 is 0 Å². The van der Waals surface area contributed by atoms with Gasteiger partial charge in [-0.25, -0.2) is 0 Å². The highest BCUT2D eigenvalue weighted by Crippen LogP contribution is 2.50. The van der Waals surface area contributed by atoms with E-state index >= 15 is 0 Å². The van der Waals surface area contributed by atoms with Gasteiger partial charge in [0.15, 0.2) is 0 Å². The highest BCUT2D eigenvalue weighted by molar-refractivity contribution is 6.07. The van der Waals surface area contributed by atoms with E-state index in [0.717, 1.165) is 46.5 Å². The summed E-state index contributed by atoms with van der Waals surface area (Å²) in [5.74, 6) is 0. The first-order valence-electron chi connectivity index (χ1n) is 16.2. The van der Waals surface area contributed by atoms with Crippen molar-refractivity contribution in [2.24, 2.45) is 4.99 Å². The summed E-state index contributed by atoms with van der Waals surface area (Å²) >= 11 is 0. The van der Waals surface area contributed by atoms with E-state index in [1.165, 1.54) is 39.0 Å². The Hall–Kier alpha value is -5.27. The van der Waals surface area contributed by atoms with Crippen LogP contribution in [0.2, 0.25) is 0 Å². The second-order valence-corrected chi connectivity index (χ2v) is 12.8. The molecule has 2 aliphatic carbocycles. The molecule has 0 saturated carbocycles. The summed E-state index contributed by atoms with van der Waals surface area (Å²) in [7, 11) is 0. The van der Waals surface area contributed by atoms with Crippen LogP contribution in [0.4, 0.5) is 0 Å². The molecule has 5 aromatic rings. The van der Waals surface area contributed by atoms with Gasteiger partial charge in [0.1, 0.15) is 0 Å². The van der Waals surface area contributed by atoms with Crippen LogP contribution < -0.4 is 0 Å². The summed E-state index contributed by atoms with van der Waals surface area (Å²) in [4.78, 5) is 5.33. The van der Waals surface area contributed by atoms with Crippen molar-refractivity contribution in [3.05, 3.63) is 186 Å². The normalized spacial score (nSPS) is 15.5. The molecule has 5 aromatic carbocycles. The van der Waals surface area contributed by atoms with Crippen molar-refractivity contribution >= 4 is 22.6 Å². The molecule has 0 fully saturated rings. The van der Waals surface area contributed by atoms with Crippen LogP contribution >= 0.6 is 0 Å². The molecule has 1 nitrogen and oxygen atoms in total. The molecule has 2 aliphatic rings. The Morgan fingerprint density at radius 3 is 2.11 bits per heavy atom. The molecule has 1 heteroatoms. The van der Waals surface area contributed by atoms with Gasteiger partial charge < -0.3 is 0 Å². The van der Waals surface area contributed by atoms with Crippen LogP contribution in [0.1, 0.15) is 61.4 Å². The highest BCUT2D eigenvalue weighted by atomic mass is 14.8. The lowest BCUT2D eigenvalue weighted by atomic mass is 9.78. The molecule has 0 heterocycles. The van der Waals surface area contributed by atoms with E-state index in [4.69, 9.17) is 4.99 Å². The van der Waals surface area contributed by atoms with Crippen molar-refractivity contribution in [2.75, 3.05) is 0 Å². The zero-order valence-electron chi connectivity index (χ0n) is 26.9. The third kappa shape index (κ3) is 5.54. The number of nitrogens with zero attached hydrogens (tertiary/aromatic N) is 1. The molecule has 0 aromatic heterocycles. The summed E-state index contributed by atoms with van der Waals surface area (Å²) in [5, 5.41) is 0. The van der Waals surface area contributed by atoms with Gasteiger partial charge in [0.2, 0.25) is 0 Å². The Balaban J connectivity index is 1.30. The summed E-state index contributed by atoms with van der Waals surface area (Å²) in [6.07, 6.45) is 9.05. The Bertz CT molecular complexity index is 2050.